The molecule has 0 aliphatic heterocycles. The molecule has 6 heteroatoms. The molecule has 0 saturated carbocycles. The van der Waals surface area contributed by atoms with Crippen LogP contribution in [0.4, 0.5) is 14.5 Å². The van der Waals surface area contributed by atoms with E-state index in [4.69, 9.17) is 5.11 Å². The number of thioether (sulfide) groups is 1. The molecule has 1 aromatic rings. The molecule has 0 radical (unpaired) electrons. The van der Waals surface area contributed by atoms with E-state index < -0.39 is 17.8 Å². The van der Waals surface area contributed by atoms with E-state index in [1.807, 2.05) is 0 Å². The number of benzene rings is 1. The molecule has 88 valence electrons. The van der Waals surface area contributed by atoms with Gasteiger partial charge in [-0.25, -0.2) is 0 Å². The molecule has 0 aromatic heterocycles. The number of carboxylic acid groups (broad SMARTS) is 1. The average molecular weight is 247 g/mol. The summed E-state index contributed by atoms with van der Waals surface area (Å²) in [7, 11) is 0. The van der Waals surface area contributed by atoms with Crippen LogP contribution in [0.3, 0.4) is 0 Å². The molecule has 2 N–H and O–H groups in total. The van der Waals surface area contributed by atoms with E-state index in [1.54, 1.807) is 12.1 Å². The number of halogens is 2. The summed E-state index contributed by atoms with van der Waals surface area (Å²) in [6.45, 7) is 1.50. The SMILES string of the molecule is CC(Nc1ccc(SC(F)F)cc1)C(=O)O. The second kappa shape index (κ2) is 5.69. The van der Waals surface area contributed by atoms with Gasteiger partial charge in [-0.05, 0) is 31.2 Å². The zero-order valence-corrected chi connectivity index (χ0v) is 9.30. The van der Waals surface area contributed by atoms with Gasteiger partial charge in [0.15, 0.2) is 0 Å². The molecule has 0 bridgehead atoms. The Kier molecular flexibility index (Phi) is 4.54. The third-order valence-corrected chi connectivity index (χ3v) is 2.56. The van der Waals surface area contributed by atoms with Crippen molar-refractivity contribution in [3.63, 3.8) is 0 Å². The van der Waals surface area contributed by atoms with Crippen LogP contribution in [0.25, 0.3) is 0 Å². The Balaban J connectivity index is 2.61. The molecule has 0 saturated heterocycles. The third kappa shape index (κ3) is 4.06. The predicted molar refractivity (Wildman–Crippen MR) is 59.0 cm³/mol. The van der Waals surface area contributed by atoms with Crippen molar-refractivity contribution in [1.82, 2.24) is 0 Å². The number of aliphatic carboxylic acids is 1. The fraction of sp³-hybridized carbons (Fsp3) is 0.300. The number of carbonyl (C=O) groups is 1. The van der Waals surface area contributed by atoms with Gasteiger partial charge < -0.3 is 10.4 Å². The lowest BCUT2D eigenvalue weighted by atomic mass is 10.2. The lowest BCUT2D eigenvalue weighted by molar-refractivity contribution is -0.137. The van der Waals surface area contributed by atoms with Gasteiger partial charge in [0.1, 0.15) is 6.04 Å². The highest BCUT2D eigenvalue weighted by Gasteiger charge is 2.10. The van der Waals surface area contributed by atoms with E-state index in [0.717, 1.165) is 0 Å². The van der Waals surface area contributed by atoms with E-state index in [2.05, 4.69) is 5.32 Å². The molecule has 0 heterocycles. The summed E-state index contributed by atoms with van der Waals surface area (Å²) >= 11 is 0.455. The first-order valence-electron chi connectivity index (χ1n) is 4.53. The topological polar surface area (TPSA) is 49.3 Å². The number of carboxylic acids is 1. The summed E-state index contributed by atoms with van der Waals surface area (Å²) in [6, 6.07) is 5.48. The Morgan fingerprint density at radius 1 is 1.38 bits per heavy atom. The zero-order valence-electron chi connectivity index (χ0n) is 8.48. The van der Waals surface area contributed by atoms with Gasteiger partial charge in [-0.2, -0.15) is 8.78 Å². The van der Waals surface area contributed by atoms with Gasteiger partial charge in [-0.15, -0.1) is 0 Å². The third-order valence-electron chi connectivity index (χ3n) is 1.83. The maximum Gasteiger partial charge on any atom is 0.325 e. The largest absolute Gasteiger partial charge is 0.480 e. The van der Waals surface area contributed by atoms with Crippen LogP contribution in [0.1, 0.15) is 6.92 Å². The molecule has 0 aliphatic rings. The average Bonchev–Trinajstić information content (AvgIpc) is 2.20. The van der Waals surface area contributed by atoms with Crippen LogP contribution in [0.5, 0.6) is 0 Å². The molecule has 0 fully saturated rings. The minimum Gasteiger partial charge on any atom is -0.480 e. The van der Waals surface area contributed by atoms with Crippen molar-refractivity contribution in [3.05, 3.63) is 24.3 Å². The number of nitrogens with one attached hydrogen (secondary N) is 1. The van der Waals surface area contributed by atoms with Gasteiger partial charge in [-0.3, -0.25) is 4.79 Å². The number of hydrogen-bond acceptors (Lipinski definition) is 3. The van der Waals surface area contributed by atoms with Crippen LogP contribution in [0.15, 0.2) is 29.2 Å². The Hall–Kier alpha value is -1.30. The van der Waals surface area contributed by atoms with Crippen molar-refractivity contribution in [1.29, 1.82) is 0 Å². The van der Waals surface area contributed by atoms with Crippen LogP contribution in [-0.2, 0) is 4.79 Å². The second-order valence-electron chi connectivity index (χ2n) is 3.11. The fourth-order valence-corrected chi connectivity index (χ4v) is 1.54. The summed E-state index contributed by atoms with van der Waals surface area (Å²) in [5.74, 6) is -3.41. The minimum atomic E-state index is -2.45. The lowest BCUT2D eigenvalue weighted by Gasteiger charge is -2.10. The van der Waals surface area contributed by atoms with E-state index in [-0.39, 0.29) is 0 Å². The summed E-state index contributed by atoms with van der Waals surface area (Å²) in [5, 5.41) is 11.4. The Morgan fingerprint density at radius 2 is 1.94 bits per heavy atom. The van der Waals surface area contributed by atoms with E-state index in [0.29, 0.717) is 22.3 Å². The van der Waals surface area contributed by atoms with Gasteiger partial charge >= 0.3 is 5.97 Å². The van der Waals surface area contributed by atoms with Gasteiger partial charge in [0.05, 0.1) is 0 Å². The zero-order chi connectivity index (χ0) is 12.1. The van der Waals surface area contributed by atoms with Crippen LogP contribution in [-0.4, -0.2) is 22.9 Å². The van der Waals surface area contributed by atoms with Crippen molar-refractivity contribution in [2.24, 2.45) is 0 Å². The maximum atomic E-state index is 12.0. The lowest BCUT2D eigenvalue weighted by Crippen LogP contribution is -2.25. The first-order valence-corrected chi connectivity index (χ1v) is 5.41. The highest BCUT2D eigenvalue weighted by atomic mass is 32.2. The van der Waals surface area contributed by atoms with Crippen LogP contribution < -0.4 is 5.32 Å². The van der Waals surface area contributed by atoms with E-state index >= 15 is 0 Å². The predicted octanol–water partition coefficient (Wildman–Crippen LogP) is 2.89. The van der Waals surface area contributed by atoms with Gasteiger partial charge in [0.2, 0.25) is 0 Å². The number of alkyl halides is 2. The molecule has 1 rings (SSSR count). The van der Waals surface area contributed by atoms with Gasteiger partial charge in [0, 0.05) is 10.6 Å². The molecule has 16 heavy (non-hydrogen) atoms. The molecular weight excluding hydrogens is 236 g/mol. The highest BCUT2D eigenvalue weighted by molar-refractivity contribution is 7.99. The van der Waals surface area contributed by atoms with Crippen molar-refractivity contribution in [2.45, 2.75) is 23.6 Å². The first kappa shape index (κ1) is 12.8. The normalized spacial score (nSPS) is 12.5. The van der Waals surface area contributed by atoms with Crippen LogP contribution in [0, 0.1) is 0 Å². The Morgan fingerprint density at radius 3 is 2.38 bits per heavy atom. The van der Waals surface area contributed by atoms with Gasteiger partial charge in [0.25, 0.3) is 5.76 Å². The first-order chi connectivity index (χ1) is 7.49. The van der Waals surface area contributed by atoms with Crippen molar-refractivity contribution in [2.75, 3.05) is 5.32 Å². The molecule has 3 nitrogen and oxygen atoms in total. The quantitative estimate of drug-likeness (QED) is 0.785. The van der Waals surface area contributed by atoms with Gasteiger partial charge in [-0.1, -0.05) is 11.8 Å². The molecule has 1 unspecified atom stereocenters. The monoisotopic (exact) mass is 247 g/mol. The summed E-state index contributed by atoms with van der Waals surface area (Å²) in [4.78, 5) is 11.0. The smallest absolute Gasteiger partial charge is 0.325 e. The van der Waals surface area contributed by atoms with E-state index in [9.17, 15) is 13.6 Å². The Bertz CT molecular complexity index is 356. The summed E-state index contributed by atoms with van der Waals surface area (Å²) in [6.07, 6.45) is 0. The molecular formula is C10H11F2NO2S. The minimum absolute atomic E-state index is 0.448. The highest BCUT2D eigenvalue weighted by Crippen LogP contribution is 2.26. The number of anilines is 1. The van der Waals surface area contributed by atoms with Crippen molar-refractivity contribution < 1.29 is 18.7 Å². The molecule has 0 aliphatic carbocycles. The Labute approximate surface area is 95.9 Å². The molecule has 0 spiro atoms. The van der Waals surface area contributed by atoms with Crippen LogP contribution in [0.2, 0.25) is 0 Å². The molecule has 1 atom stereocenters. The standard InChI is InChI=1S/C10H11F2NO2S/c1-6(9(14)15)13-7-2-4-8(5-3-7)16-10(11)12/h2-6,10,13H,1H3,(H,14,15). The number of rotatable bonds is 5. The fourth-order valence-electron chi connectivity index (χ4n) is 1.04. The second-order valence-corrected chi connectivity index (χ2v) is 4.17. The number of hydrogen-bond donors (Lipinski definition) is 2. The summed E-state index contributed by atoms with van der Waals surface area (Å²) in [5.41, 5.74) is 0.591. The maximum absolute atomic E-state index is 12.0. The van der Waals surface area contributed by atoms with Crippen molar-refractivity contribution in [3.8, 4) is 0 Å². The molecule has 0 amide bonds. The van der Waals surface area contributed by atoms with Crippen LogP contribution >= 0.6 is 11.8 Å². The molecule has 1 aromatic carbocycles. The van der Waals surface area contributed by atoms with Crippen molar-refractivity contribution >= 4 is 23.4 Å². The summed E-state index contributed by atoms with van der Waals surface area (Å²) < 4.78 is 24.0. The van der Waals surface area contributed by atoms with E-state index in [1.165, 1.54) is 19.1 Å².